The zero-order valence-electron chi connectivity index (χ0n) is 15.2. The summed E-state index contributed by atoms with van der Waals surface area (Å²) < 4.78 is 1.68. The lowest BCUT2D eigenvalue weighted by atomic mass is 9.75. The number of nitrogens with zero attached hydrogens (tertiary/aromatic N) is 5. The molecular formula is C18H28N6O. The van der Waals surface area contributed by atoms with Crippen LogP contribution in [0.25, 0.3) is 0 Å². The van der Waals surface area contributed by atoms with E-state index in [0.717, 1.165) is 38.8 Å². The molecular weight excluding hydrogens is 316 g/mol. The Balaban J connectivity index is 1.83. The van der Waals surface area contributed by atoms with Gasteiger partial charge in [-0.05, 0) is 44.6 Å². The largest absolute Gasteiger partial charge is 0.369 e. The second kappa shape index (κ2) is 7.12. The monoisotopic (exact) mass is 344 g/mol. The molecule has 0 aromatic carbocycles. The van der Waals surface area contributed by atoms with Crippen molar-refractivity contribution in [1.29, 1.82) is 5.26 Å². The molecule has 1 saturated heterocycles. The van der Waals surface area contributed by atoms with Gasteiger partial charge in [-0.3, -0.25) is 4.79 Å². The van der Waals surface area contributed by atoms with Crippen LogP contribution in [0.4, 0.5) is 0 Å². The van der Waals surface area contributed by atoms with Crippen LogP contribution in [0.1, 0.15) is 57.1 Å². The van der Waals surface area contributed by atoms with Gasteiger partial charge in [-0.15, -0.1) is 5.10 Å². The van der Waals surface area contributed by atoms with Crippen molar-refractivity contribution < 1.29 is 4.79 Å². The maximum Gasteiger partial charge on any atom is 0.226 e. The zero-order valence-corrected chi connectivity index (χ0v) is 15.2. The van der Waals surface area contributed by atoms with Crippen LogP contribution in [-0.4, -0.2) is 45.9 Å². The lowest BCUT2D eigenvalue weighted by Gasteiger charge is -2.35. The van der Waals surface area contributed by atoms with E-state index in [2.05, 4.69) is 35.3 Å². The fourth-order valence-corrected chi connectivity index (χ4v) is 4.25. The van der Waals surface area contributed by atoms with Crippen LogP contribution in [0.15, 0.2) is 6.20 Å². The Morgan fingerprint density at radius 3 is 2.56 bits per heavy atom. The third-order valence-electron chi connectivity index (χ3n) is 6.13. The Bertz CT molecular complexity index is 647. The van der Waals surface area contributed by atoms with Gasteiger partial charge in [0.1, 0.15) is 0 Å². The summed E-state index contributed by atoms with van der Waals surface area (Å²) in [5, 5.41) is 18.3. The summed E-state index contributed by atoms with van der Waals surface area (Å²) in [6.45, 7) is 3.95. The van der Waals surface area contributed by atoms with E-state index in [1.165, 1.54) is 0 Å². The molecule has 1 aliphatic heterocycles. The summed E-state index contributed by atoms with van der Waals surface area (Å²) in [5.41, 5.74) is 5.68. The first-order valence-corrected chi connectivity index (χ1v) is 9.27. The number of hydrogen-bond acceptors (Lipinski definition) is 5. The number of hydrogen-bond donors (Lipinski definition) is 1. The third kappa shape index (κ3) is 3.54. The van der Waals surface area contributed by atoms with Gasteiger partial charge in [0, 0.05) is 13.1 Å². The fraction of sp³-hybridized carbons (Fsp3) is 0.778. The quantitative estimate of drug-likeness (QED) is 0.894. The average Bonchev–Trinajstić information content (AvgIpc) is 3.08. The summed E-state index contributed by atoms with van der Waals surface area (Å²) in [6, 6.07) is 2.44. The van der Waals surface area contributed by atoms with Crippen LogP contribution in [0.3, 0.4) is 0 Å². The van der Waals surface area contributed by atoms with Gasteiger partial charge in [0.25, 0.3) is 0 Å². The number of nitrogens with two attached hydrogens (primary N) is 1. The van der Waals surface area contributed by atoms with Gasteiger partial charge in [0.2, 0.25) is 5.91 Å². The van der Waals surface area contributed by atoms with Crippen molar-refractivity contribution in [2.24, 2.45) is 17.6 Å². The maximum atomic E-state index is 12.1. The number of nitriles is 1. The zero-order chi connectivity index (χ0) is 18.0. The molecule has 1 amide bonds. The smallest absolute Gasteiger partial charge is 0.226 e. The molecule has 1 aromatic heterocycles. The summed E-state index contributed by atoms with van der Waals surface area (Å²) in [5.74, 6) is 0.208. The molecule has 2 N–H and O–H groups in total. The summed E-state index contributed by atoms with van der Waals surface area (Å²) in [7, 11) is 2.06. The van der Waals surface area contributed by atoms with E-state index in [9.17, 15) is 10.1 Å². The molecule has 1 unspecified atom stereocenters. The minimum absolute atomic E-state index is 0.231. The van der Waals surface area contributed by atoms with Crippen molar-refractivity contribution in [3.8, 4) is 6.07 Å². The summed E-state index contributed by atoms with van der Waals surface area (Å²) in [4.78, 5) is 14.3. The van der Waals surface area contributed by atoms with Gasteiger partial charge in [-0.1, -0.05) is 25.0 Å². The van der Waals surface area contributed by atoms with Gasteiger partial charge in [0.05, 0.1) is 23.9 Å². The van der Waals surface area contributed by atoms with Crippen molar-refractivity contribution in [3.63, 3.8) is 0 Å². The van der Waals surface area contributed by atoms with Gasteiger partial charge in [-0.2, -0.15) is 5.26 Å². The van der Waals surface area contributed by atoms with Crippen LogP contribution in [0, 0.1) is 23.2 Å². The van der Waals surface area contributed by atoms with Gasteiger partial charge in [0.15, 0.2) is 5.54 Å². The number of piperidine rings is 1. The predicted octanol–water partition coefficient (Wildman–Crippen LogP) is 1.62. The van der Waals surface area contributed by atoms with Crippen molar-refractivity contribution in [1.82, 2.24) is 19.9 Å². The fourth-order valence-electron chi connectivity index (χ4n) is 4.25. The van der Waals surface area contributed by atoms with Crippen molar-refractivity contribution in [2.75, 3.05) is 20.1 Å². The second-order valence-electron chi connectivity index (χ2n) is 7.93. The van der Waals surface area contributed by atoms with Crippen LogP contribution in [-0.2, 0) is 10.3 Å². The number of likely N-dealkylation sites (tertiary alicyclic amines) is 1. The third-order valence-corrected chi connectivity index (χ3v) is 6.13. The van der Waals surface area contributed by atoms with E-state index in [-0.39, 0.29) is 11.8 Å². The molecule has 2 aliphatic rings. The Labute approximate surface area is 149 Å². The lowest BCUT2D eigenvalue weighted by molar-refractivity contribution is -0.121. The highest BCUT2D eigenvalue weighted by Crippen LogP contribution is 2.38. The molecule has 136 valence electrons. The molecule has 7 heteroatoms. The molecule has 7 nitrogen and oxygen atoms in total. The van der Waals surface area contributed by atoms with Crippen LogP contribution in [0.5, 0.6) is 0 Å². The standard InChI is InChI=1S/C18H28N6O/c1-13-3-5-14(6-4-13)16(17(20)25)15-11-24(22-21-15)18(12-19)7-9-23(2)10-8-18/h11,13-14,16H,3-10H2,1-2H3,(H2,20,25). The minimum Gasteiger partial charge on any atom is -0.369 e. The first kappa shape index (κ1) is 17.9. The normalized spacial score (nSPS) is 28.2. The summed E-state index contributed by atoms with van der Waals surface area (Å²) in [6.07, 6.45) is 7.46. The van der Waals surface area contributed by atoms with Gasteiger partial charge in [-0.25, -0.2) is 4.68 Å². The number of aromatic nitrogens is 3. The van der Waals surface area contributed by atoms with E-state index in [0.29, 0.717) is 24.5 Å². The Morgan fingerprint density at radius 2 is 2.00 bits per heavy atom. The Kier molecular flexibility index (Phi) is 5.09. The highest BCUT2D eigenvalue weighted by Gasteiger charge is 2.39. The lowest BCUT2D eigenvalue weighted by Crippen LogP contribution is -2.44. The molecule has 0 radical (unpaired) electrons. The molecule has 0 bridgehead atoms. The number of carbonyl (C=O) groups is 1. The SMILES string of the molecule is CC1CCC(C(C(N)=O)c2cn(C3(C#N)CCN(C)CC3)nn2)CC1. The molecule has 1 saturated carbocycles. The average molecular weight is 344 g/mol. The van der Waals surface area contributed by atoms with Crippen molar-refractivity contribution in [2.45, 2.75) is 56.9 Å². The first-order valence-electron chi connectivity index (χ1n) is 9.27. The number of carbonyl (C=O) groups excluding carboxylic acids is 1. The molecule has 1 aromatic rings. The minimum atomic E-state index is -0.666. The van der Waals surface area contributed by atoms with Crippen LogP contribution >= 0.6 is 0 Å². The van der Waals surface area contributed by atoms with E-state index < -0.39 is 11.5 Å². The van der Waals surface area contributed by atoms with E-state index >= 15 is 0 Å². The molecule has 1 aliphatic carbocycles. The molecule has 0 spiro atoms. The van der Waals surface area contributed by atoms with Crippen molar-refractivity contribution >= 4 is 5.91 Å². The second-order valence-corrected chi connectivity index (χ2v) is 7.93. The van der Waals surface area contributed by atoms with E-state index in [1.54, 1.807) is 10.9 Å². The number of primary amides is 1. The van der Waals surface area contributed by atoms with Gasteiger partial charge >= 0.3 is 0 Å². The van der Waals surface area contributed by atoms with Crippen molar-refractivity contribution in [3.05, 3.63) is 11.9 Å². The molecule has 2 heterocycles. The molecule has 2 fully saturated rings. The van der Waals surface area contributed by atoms with E-state index in [1.807, 2.05) is 0 Å². The Morgan fingerprint density at radius 1 is 1.36 bits per heavy atom. The summed E-state index contributed by atoms with van der Waals surface area (Å²) >= 11 is 0. The van der Waals surface area contributed by atoms with E-state index in [4.69, 9.17) is 5.73 Å². The first-order chi connectivity index (χ1) is 11.9. The topological polar surface area (TPSA) is 101 Å². The maximum absolute atomic E-state index is 12.1. The highest BCUT2D eigenvalue weighted by molar-refractivity contribution is 5.81. The van der Waals surface area contributed by atoms with Crippen LogP contribution < -0.4 is 5.73 Å². The molecule has 3 rings (SSSR count). The molecule has 1 atom stereocenters. The number of amides is 1. The Hall–Kier alpha value is -1.94. The van der Waals surface area contributed by atoms with Crippen LogP contribution in [0.2, 0.25) is 0 Å². The highest BCUT2D eigenvalue weighted by atomic mass is 16.1. The predicted molar refractivity (Wildman–Crippen MR) is 93.4 cm³/mol. The molecule has 25 heavy (non-hydrogen) atoms. The van der Waals surface area contributed by atoms with Gasteiger partial charge < -0.3 is 10.6 Å². The number of rotatable bonds is 4.